The Bertz CT molecular complexity index is 329. The van der Waals surface area contributed by atoms with Gasteiger partial charge in [-0.05, 0) is 43.4 Å². The molecule has 0 unspecified atom stereocenters. The fraction of sp³-hybridized carbons (Fsp3) is 0.538. The van der Waals surface area contributed by atoms with Gasteiger partial charge < -0.3 is 4.74 Å². The van der Waals surface area contributed by atoms with Gasteiger partial charge in [0.25, 0.3) is 0 Å². The fourth-order valence-electron chi connectivity index (χ4n) is 2.05. The third-order valence-electron chi connectivity index (χ3n) is 3.10. The molecule has 0 radical (unpaired) electrons. The van der Waals surface area contributed by atoms with E-state index in [1.54, 1.807) is 0 Å². The molecule has 0 aromatic heterocycles. The average Bonchev–Trinajstić information content (AvgIpc) is 2.73. The van der Waals surface area contributed by atoms with Crippen LogP contribution in [0.5, 0.6) is 5.75 Å². The van der Waals surface area contributed by atoms with E-state index in [0.29, 0.717) is 0 Å². The molecule has 0 N–H and O–H groups in total. The van der Waals surface area contributed by atoms with Crippen molar-refractivity contribution in [3.8, 4) is 5.75 Å². The molecule has 1 aromatic rings. The first-order valence-corrected chi connectivity index (χ1v) is 6.44. The molecule has 1 fully saturated rings. The summed E-state index contributed by atoms with van der Waals surface area (Å²) < 4.78 is 6.93. The second kappa shape index (κ2) is 5.02. The average molecular weight is 269 g/mol. The summed E-state index contributed by atoms with van der Waals surface area (Å²) in [5.74, 6) is 1.77. The molecule has 0 aliphatic heterocycles. The van der Waals surface area contributed by atoms with E-state index in [4.69, 9.17) is 4.74 Å². The summed E-state index contributed by atoms with van der Waals surface area (Å²) in [6, 6.07) is 6.20. The number of aryl methyl sites for hydroxylation is 1. The molecule has 1 aliphatic carbocycles. The second-order valence-corrected chi connectivity index (χ2v) is 5.23. The SMILES string of the molecule is Cc1ccc(OCC2CCCC2)cc1Br. The lowest BCUT2D eigenvalue weighted by Gasteiger charge is -2.11. The Kier molecular flexibility index (Phi) is 3.68. The maximum absolute atomic E-state index is 5.80. The molecule has 0 saturated heterocycles. The molecule has 0 bridgehead atoms. The van der Waals surface area contributed by atoms with E-state index in [1.807, 2.05) is 0 Å². The summed E-state index contributed by atoms with van der Waals surface area (Å²) in [4.78, 5) is 0. The Labute approximate surface area is 100.0 Å². The first-order chi connectivity index (χ1) is 7.25. The monoisotopic (exact) mass is 268 g/mol. The van der Waals surface area contributed by atoms with Gasteiger partial charge in [0.15, 0.2) is 0 Å². The van der Waals surface area contributed by atoms with E-state index in [0.717, 1.165) is 22.7 Å². The van der Waals surface area contributed by atoms with Crippen molar-refractivity contribution in [3.63, 3.8) is 0 Å². The topological polar surface area (TPSA) is 9.23 Å². The predicted molar refractivity (Wildman–Crippen MR) is 66.3 cm³/mol. The molecule has 2 heteroatoms. The Morgan fingerprint density at radius 1 is 1.33 bits per heavy atom. The lowest BCUT2D eigenvalue weighted by Crippen LogP contribution is -2.07. The maximum Gasteiger partial charge on any atom is 0.120 e. The molecule has 2 rings (SSSR count). The molecular formula is C13H17BrO. The van der Waals surface area contributed by atoms with Crippen LogP contribution in [0.1, 0.15) is 31.2 Å². The summed E-state index contributed by atoms with van der Waals surface area (Å²) in [5, 5.41) is 0. The predicted octanol–water partition coefficient (Wildman–Crippen LogP) is 4.33. The van der Waals surface area contributed by atoms with Gasteiger partial charge in [0, 0.05) is 4.47 Å². The van der Waals surface area contributed by atoms with Gasteiger partial charge in [0.1, 0.15) is 5.75 Å². The third-order valence-corrected chi connectivity index (χ3v) is 3.96. The van der Waals surface area contributed by atoms with Gasteiger partial charge >= 0.3 is 0 Å². The standard InChI is InChI=1S/C13H17BrO/c1-10-6-7-12(8-13(10)14)15-9-11-4-2-3-5-11/h6-8,11H,2-5,9H2,1H3. The smallest absolute Gasteiger partial charge is 0.120 e. The summed E-state index contributed by atoms with van der Waals surface area (Å²) in [6.07, 6.45) is 5.44. The molecule has 1 saturated carbocycles. The van der Waals surface area contributed by atoms with Crippen LogP contribution in [-0.4, -0.2) is 6.61 Å². The van der Waals surface area contributed by atoms with Gasteiger partial charge in [0.2, 0.25) is 0 Å². The van der Waals surface area contributed by atoms with Crippen LogP contribution in [0, 0.1) is 12.8 Å². The zero-order valence-corrected chi connectivity index (χ0v) is 10.7. The minimum atomic E-state index is 0.782. The third kappa shape index (κ3) is 2.97. The van der Waals surface area contributed by atoms with Crippen LogP contribution in [0.3, 0.4) is 0 Å². The van der Waals surface area contributed by atoms with Gasteiger partial charge in [-0.15, -0.1) is 0 Å². The molecule has 0 heterocycles. The van der Waals surface area contributed by atoms with Crippen LogP contribution in [0.15, 0.2) is 22.7 Å². The first-order valence-electron chi connectivity index (χ1n) is 5.64. The van der Waals surface area contributed by atoms with E-state index in [-0.39, 0.29) is 0 Å². The Balaban J connectivity index is 1.90. The zero-order valence-electron chi connectivity index (χ0n) is 9.13. The molecule has 0 spiro atoms. The minimum Gasteiger partial charge on any atom is -0.493 e. The molecule has 82 valence electrons. The van der Waals surface area contributed by atoms with E-state index in [1.165, 1.54) is 31.2 Å². The number of hydrogen-bond donors (Lipinski definition) is 0. The Hall–Kier alpha value is -0.500. The highest BCUT2D eigenvalue weighted by molar-refractivity contribution is 9.10. The van der Waals surface area contributed by atoms with Crippen LogP contribution in [0.25, 0.3) is 0 Å². The highest BCUT2D eigenvalue weighted by Gasteiger charge is 2.15. The number of rotatable bonds is 3. The van der Waals surface area contributed by atoms with Crippen molar-refractivity contribution in [1.29, 1.82) is 0 Å². The van der Waals surface area contributed by atoms with Crippen molar-refractivity contribution in [3.05, 3.63) is 28.2 Å². The van der Waals surface area contributed by atoms with Crippen LogP contribution < -0.4 is 4.74 Å². The van der Waals surface area contributed by atoms with E-state index < -0.39 is 0 Å². The summed E-state index contributed by atoms with van der Waals surface area (Å²) >= 11 is 3.52. The van der Waals surface area contributed by atoms with Crippen molar-refractivity contribution < 1.29 is 4.74 Å². The van der Waals surface area contributed by atoms with Gasteiger partial charge in [0.05, 0.1) is 6.61 Å². The van der Waals surface area contributed by atoms with E-state index in [9.17, 15) is 0 Å². The van der Waals surface area contributed by atoms with E-state index in [2.05, 4.69) is 41.1 Å². The molecule has 0 amide bonds. The first kappa shape index (κ1) is 11.0. The van der Waals surface area contributed by atoms with Crippen LogP contribution in [-0.2, 0) is 0 Å². The molecule has 1 aromatic carbocycles. The zero-order chi connectivity index (χ0) is 10.7. The number of ether oxygens (including phenoxy) is 1. The van der Waals surface area contributed by atoms with Crippen molar-refractivity contribution in [1.82, 2.24) is 0 Å². The van der Waals surface area contributed by atoms with Crippen LogP contribution in [0.2, 0.25) is 0 Å². The van der Waals surface area contributed by atoms with Crippen molar-refractivity contribution in [2.75, 3.05) is 6.61 Å². The Morgan fingerprint density at radius 2 is 2.07 bits per heavy atom. The molecule has 1 aliphatic rings. The van der Waals surface area contributed by atoms with E-state index >= 15 is 0 Å². The summed E-state index contributed by atoms with van der Waals surface area (Å²) in [7, 11) is 0. The minimum absolute atomic E-state index is 0.782. The molecular weight excluding hydrogens is 252 g/mol. The van der Waals surface area contributed by atoms with Crippen LogP contribution in [0.4, 0.5) is 0 Å². The lowest BCUT2D eigenvalue weighted by molar-refractivity contribution is 0.252. The largest absolute Gasteiger partial charge is 0.493 e. The normalized spacial score (nSPS) is 16.9. The number of halogens is 1. The second-order valence-electron chi connectivity index (χ2n) is 4.37. The number of benzene rings is 1. The van der Waals surface area contributed by atoms with Crippen molar-refractivity contribution >= 4 is 15.9 Å². The van der Waals surface area contributed by atoms with Crippen molar-refractivity contribution in [2.24, 2.45) is 5.92 Å². The Morgan fingerprint density at radius 3 is 2.73 bits per heavy atom. The molecule has 1 nitrogen and oxygen atoms in total. The number of hydrogen-bond acceptors (Lipinski definition) is 1. The van der Waals surface area contributed by atoms with Gasteiger partial charge in [-0.25, -0.2) is 0 Å². The molecule has 15 heavy (non-hydrogen) atoms. The van der Waals surface area contributed by atoms with Gasteiger partial charge in [-0.1, -0.05) is 34.8 Å². The maximum atomic E-state index is 5.80. The quantitative estimate of drug-likeness (QED) is 0.793. The van der Waals surface area contributed by atoms with Gasteiger partial charge in [-0.2, -0.15) is 0 Å². The fourth-order valence-corrected chi connectivity index (χ4v) is 2.41. The lowest BCUT2D eigenvalue weighted by atomic mass is 10.1. The summed E-state index contributed by atoms with van der Waals surface area (Å²) in [5.41, 5.74) is 1.25. The van der Waals surface area contributed by atoms with Crippen molar-refractivity contribution in [2.45, 2.75) is 32.6 Å². The summed E-state index contributed by atoms with van der Waals surface area (Å²) in [6.45, 7) is 2.97. The van der Waals surface area contributed by atoms with Gasteiger partial charge in [-0.3, -0.25) is 0 Å². The van der Waals surface area contributed by atoms with Crippen LogP contribution >= 0.6 is 15.9 Å². The molecule has 0 atom stereocenters. The highest BCUT2D eigenvalue weighted by Crippen LogP contribution is 2.27. The highest BCUT2D eigenvalue weighted by atomic mass is 79.9.